The van der Waals surface area contributed by atoms with Gasteiger partial charge in [0.05, 0.1) is 0 Å². The topological polar surface area (TPSA) is 51.0 Å². The fraction of sp³-hybridized carbons (Fsp3) is 0.429. The van der Waals surface area contributed by atoms with Crippen molar-refractivity contribution < 1.29 is 4.42 Å². The maximum Gasteiger partial charge on any atom is 0.197 e. The van der Waals surface area contributed by atoms with E-state index in [1.54, 1.807) is 0 Å². The highest BCUT2D eigenvalue weighted by molar-refractivity contribution is 9.10. The normalized spacial score (nSPS) is 13.6. The SMILES string of the molecule is CCCNc1nc(-c2ccc(Br)o2)nc2c1CCC2. The Hall–Kier alpha value is -1.36. The van der Waals surface area contributed by atoms with Crippen molar-refractivity contribution in [3.63, 3.8) is 0 Å². The minimum atomic E-state index is 0.671. The van der Waals surface area contributed by atoms with Gasteiger partial charge in [0.15, 0.2) is 16.3 Å². The van der Waals surface area contributed by atoms with Gasteiger partial charge in [-0.3, -0.25) is 0 Å². The first-order chi connectivity index (χ1) is 9.28. The van der Waals surface area contributed by atoms with E-state index in [0.717, 1.165) is 43.7 Å². The number of anilines is 1. The van der Waals surface area contributed by atoms with Crippen molar-refractivity contribution in [3.05, 3.63) is 28.1 Å². The lowest BCUT2D eigenvalue weighted by Crippen LogP contribution is -2.07. The number of halogens is 1. The summed E-state index contributed by atoms with van der Waals surface area (Å²) in [5.74, 6) is 2.36. The van der Waals surface area contributed by atoms with Crippen molar-refractivity contribution in [3.8, 4) is 11.6 Å². The number of nitrogens with one attached hydrogen (secondary N) is 1. The molecule has 0 amide bonds. The Morgan fingerprint density at radius 3 is 2.95 bits per heavy atom. The molecule has 0 aliphatic heterocycles. The predicted octanol–water partition coefficient (Wildman–Crippen LogP) is 3.81. The van der Waals surface area contributed by atoms with Crippen LogP contribution in [-0.2, 0) is 12.8 Å². The highest BCUT2D eigenvalue weighted by Gasteiger charge is 2.20. The molecule has 1 N–H and O–H groups in total. The average molecular weight is 322 g/mol. The second-order valence-electron chi connectivity index (χ2n) is 4.71. The molecule has 0 spiro atoms. The fourth-order valence-electron chi connectivity index (χ4n) is 2.37. The number of hydrogen-bond acceptors (Lipinski definition) is 4. The molecule has 1 aliphatic rings. The van der Waals surface area contributed by atoms with Crippen LogP contribution in [0.5, 0.6) is 0 Å². The summed E-state index contributed by atoms with van der Waals surface area (Å²) < 4.78 is 6.26. The van der Waals surface area contributed by atoms with Crippen LogP contribution < -0.4 is 5.32 Å². The molecule has 0 fully saturated rings. The highest BCUT2D eigenvalue weighted by atomic mass is 79.9. The molecule has 2 aromatic rings. The molecule has 0 radical (unpaired) electrons. The lowest BCUT2D eigenvalue weighted by molar-refractivity contribution is 0.551. The minimum absolute atomic E-state index is 0.671. The smallest absolute Gasteiger partial charge is 0.197 e. The number of hydrogen-bond donors (Lipinski definition) is 1. The third kappa shape index (κ3) is 2.52. The van der Waals surface area contributed by atoms with Crippen molar-refractivity contribution in [1.29, 1.82) is 0 Å². The van der Waals surface area contributed by atoms with Crippen molar-refractivity contribution in [2.24, 2.45) is 0 Å². The zero-order valence-electron chi connectivity index (χ0n) is 10.9. The minimum Gasteiger partial charge on any atom is -0.446 e. The molecule has 2 aromatic heterocycles. The Kier molecular flexibility index (Phi) is 3.55. The van der Waals surface area contributed by atoms with Gasteiger partial charge in [0.2, 0.25) is 0 Å². The van der Waals surface area contributed by atoms with E-state index in [-0.39, 0.29) is 0 Å². The van der Waals surface area contributed by atoms with Gasteiger partial charge < -0.3 is 9.73 Å². The summed E-state index contributed by atoms with van der Waals surface area (Å²) in [7, 11) is 0. The van der Waals surface area contributed by atoms with Gasteiger partial charge in [-0.2, -0.15) is 0 Å². The van der Waals surface area contributed by atoms with Gasteiger partial charge in [-0.1, -0.05) is 6.92 Å². The highest BCUT2D eigenvalue weighted by Crippen LogP contribution is 2.30. The lowest BCUT2D eigenvalue weighted by Gasteiger charge is -2.10. The van der Waals surface area contributed by atoms with E-state index in [4.69, 9.17) is 4.42 Å². The first kappa shape index (κ1) is 12.7. The molecule has 1 aliphatic carbocycles. The monoisotopic (exact) mass is 321 g/mol. The molecule has 0 bridgehead atoms. The second kappa shape index (κ2) is 5.33. The fourth-order valence-corrected chi connectivity index (χ4v) is 2.67. The zero-order chi connectivity index (χ0) is 13.2. The molecule has 0 saturated carbocycles. The van der Waals surface area contributed by atoms with Crippen molar-refractivity contribution in [2.45, 2.75) is 32.6 Å². The molecular formula is C14H16BrN3O. The van der Waals surface area contributed by atoms with E-state index < -0.39 is 0 Å². The van der Waals surface area contributed by atoms with Crippen LogP contribution in [0.1, 0.15) is 31.0 Å². The summed E-state index contributed by atoms with van der Waals surface area (Å²) in [6, 6.07) is 3.76. The Balaban J connectivity index is 2.02. The standard InChI is InChI=1S/C14H16BrN3O/c1-2-8-16-13-9-4-3-5-10(9)17-14(18-13)11-6-7-12(15)19-11/h6-7H,2-5,8H2,1H3,(H,16,17,18). The first-order valence-corrected chi connectivity index (χ1v) is 7.46. The molecule has 0 unspecified atom stereocenters. The zero-order valence-corrected chi connectivity index (χ0v) is 12.5. The van der Waals surface area contributed by atoms with Crippen LogP contribution in [0.2, 0.25) is 0 Å². The molecule has 0 aromatic carbocycles. The first-order valence-electron chi connectivity index (χ1n) is 6.67. The van der Waals surface area contributed by atoms with Gasteiger partial charge in [-0.15, -0.1) is 0 Å². The van der Waals surface area contributed by atoms with Crippen LogP contribution in [0, 0.1) is 0 Å². The largest absolute Gasteiger partial charge is 0.446 e. The van der Waals surface area contributed by atoms with Crippen LogP contribution in [-0.4, -0.2) is 16.5 Å². The Bertz CT molecular complexity index is 594. The molecule has 2 heterocycles. The second-order valence-corrected chi connectivity index (χ2v) is 5.49. The lowest BCUT2D eigenvalue weighted by atomic mass is 10.2. The molecule has 5 heteroatoms. The van der Waals surface area contributed by atoms with Crippen molar-refractivity contribution >= 4 is 21.7 Å². The summed E-state index contributed by atoms with van der Waals surface area (Å²) in [5.41, 5.74) is 2.44. The van der Waals surface area contributed by atoms with E-state index >= 15 is 0 Å². The van der Waals surface area contributed by atoms with E-state index in [1.807, 2.05) is 12.1 Å². The Morgan fingerprint density at radius 2 is 2.21 bits per heavy atom. The molecule has 19 heavy (non-hydrogen) atoms. The third-order valence-electron chi connectivity index (χ3n) is 3.27. The van der Waals surface area contributed by atoms with E-state index in [0.29, 0.717) is 16.3 Å². The average Bonchev–Trinajstić information content (AvgIpc) is 3.03. The van der Waals surface area contributed by atoms with Gasteiger partial charge in [-0.25, -0.2) is 9.97 Å². The number of nitrogens with zero attached hydrogens (tertiary/aromatic N) is 2. The van der Waals surface area contributed by atoms with E-state index in [1.165, 1.54) is 5.56 Å². The van der Waals surface area contributed by atoms with Crippen molar-refractivity contribution in [1.82, 2.24) is 9.97 Å². The third-order valence-corrected chi connectivity index (χ3v) is 3.70. The summed E-state index contributed by atoms with van der Waals surface area (Å²) in [4.78, 5) is 9.27. The Morgan fingerprint density at radius 1 is 1.32 bits per heavy atom. The summed E-state index contributed by atoms with van der Waals surface area (Å²) in [6.45, 7) is 3.09. The molecule has 3 rings (SSSR count). The van der Waals surface area contributed by atoms with Crippen LogP contribution in [0.15, 0.2) is 21.2 Å². The number of aryl methyl sites for hydroxylation is 1. The van der Waals surface area contributed by atoms with Gasteiger partial charge in [0.25, 0.3) is 0 Å². The van der Waals surface area contributed by atoms with Gasteiger partial charge >= 0.3 is 0 Å². The summed E-state index contributed by atoms with van der Waals surface area (Å²) >= 11 is 3.31. The maximum absolute atomic E-state index is 5.55. The Labute approximate surface area is 120 Å². The van der Waals surface area contributed by atoms with Crippen LogP contribution >= 0.6 is 15.9 Å². The molecular weight excluding hydrogens is 306 g/mol. The maximum atomic E-state index is 5.55. The van der Waals surface area contributed by atoms with Crippen LogP contribution in [0.3, 0.4) is 0 Å². The molecule has 0 saturated heterocycles. The van der Waals surface area contributed by atoms with Gasteiger partial charge in [0.1, 0.15) is 5.82 Å². The number of aromatic nitrogens is 2. The number of fused-ring (bicyclic) bond motifs is 1. The quantitative estimate of drug-likeness (QED) is 0.930. The van der Waals surface area contributed by atoms with Crippen molar-refractivity contribution in [2.75, 3.05) is 11.9 Å². The van der Waals surface area contributed by atoms with Crippen LogP contribution in [0.25, 0.3) is 11.6 Å². The van der Waals surface area contributed by atoms with E-state index in [9.17, 15) is 0 Å². The predicted molar refractivity (Wildman–Crippen MR) is 78.2 cm³/mol. The summed E-state index contributed by atoms with van der Waals surface area (Å²) in [6.07, 6.45) is 4.35. The van der Waals surface area contributed by atoms with Crippen LogP contribution in [0.4, 0.5) is 5.82 Å². The molecule has 0 atom stereocenters. The molecule has 4 nitrogen and oxygen atoms in total. The number of rotatable bonds is 4. The summed E-state index contributed by atoms with van der Waals surface area (Å²) in [5, 5.41) is 3.41. The van der Waals surface area contributed by atoms with Gasteiger partial charge in [0, 0.05) is 17.8 Å². The number of furan rings is 1. The molecule has 100 valence electrons. The van der Waals surface area contributed by atoms with E-state index in [2.05, 4.69) is 38.1 Å². The van der Waals surface area contributed by atoms with Gasteiger partial charge in [-0.05, 0) is 53.7 Å².